The second-order valence-electron chi connectivity index (χ2n) is 4.92. The summed E-state index contributed by atoms with van der Waals surface area (Å²) in [6.07, 6.45) is 1.96. The zero-order chi connectivity index (χ0) is 16.2. The Kier molecular flexibility index (Phi) is 5.26. The summed E-state index contributed by atoms with van der Waals surface area (Å²) < 4.78 is 1.95. The number of rotatable bonds is 4. The van der Waals surface area contributed by atoms with E-state index in [1.54, 1.807) is 11.3 Å². The first-order valence-electron chi connectivity index (χ1n) is 6.95. The molecule has 0 spiro atoms. The molecule has 0 N–H and O–H groups in total. The Morgan fingerprint density at radius 2 is 1.39 bits per heavy atom. The van der Waals surface area contributed by atoms with Gasteiger partial charge in [-0.1, -0.05) is 50.1 Å². The van der Waals surface area contributed by atoms with Crippen LogP contribution in [0.25, 0.3) is 11.6 Å². The molecule has 3 rings (SSSR count). The van der Waals surface area contributed by atoms with Crippen molar-refractivity contribution in [3.05, 3.63) is 91.0 Å². The molecular formula is C19H12Br2OS. The van der Waals surface area contributed by atoms with Gasteiger partial charge in [-0.3, -0.25) is 4.79 Å². The largest absolute Gasteiger partial charge is 0.289 e. The molecule has 0 saturated heterocycles. The molecule has 0 radical (unpaired) electrons. The summed E-state index contributed by atoms with van der Waals surface area (Å²) in [6.45, 7) is 0. The standard InChI is InChI=1S/C19H12Br2OS/c20-15-7-3-13(4-8-15)18(12-17-2-1-11-23-17)19(22)14-5-9-16(21)10-6-14/h1-12H/b18-12+. The van der Waals surface area contributed by atoms with E-state index in [1.165, 1.54) is 0 Å². The average molecular weight is 448 g/mol. The molecular weight excluding hydrogens is 436 g/mol. The maximum absolute atomic E-state index is 13.0. The number of halogens is 2. The van der Waals surface area contributed by atoms with E-state index in [4.69, 9.17) is 0 Å². The molecule has 0 unspecified atom stereocenters. The highest BCUT2D eigenvalue weighted by atomic mass is 79.9. The smallest absolute Gasteiger partial charge is 0.193 e. The summed E-state index contributed by atoms with van der Waals surface area (Å²) >= 11 is 8.46. The number of carbonyl (C=O) groups excluding carboxylic acids is 1. The third-order valence-electron chi connectivity index (χ3n) is 3.34. The molecule has 23 heavy (non-hydrogen) atoms. The second-order valence-corrected chi connectivity index (χ2v) is 7.73. The number of allylic oxidation sites excluding steroid dienone is 1. The highest BCUT2D eigenvalue weighted by Crippen LogP contribution is 2.26. The minimum absolute atomic E-state index is 0.0215. The van der Waals surface area contributed by atoms with Crippen molar-refractivity contribution in [1.29, 1.82) is 0 Å². The van der Waals surface area contributed by atoms with Crippen LogP contribution in [0.5, 0.6) is 0 Å². The van der Waals surface area contributed by atoms with Gasteiger partial charge in [-0.25, -0.2) is 0 Å². The van der Waals surface area contributed by atoms with E-state index in [9.17, 15) is 4.79 Å². The average Bonchev–Trinajstić information content (AvgIpc) is 3.07. The highest BCUT2D eigenvalue weighted by molar-refractivity contribution is 9.10. The van der Waals surface area contributed by atoms with Gasteiger partial charge in [0.1, 0.15) is 0 Å². The summed E-state index contributed by atoms with van der Waals surface area (Å²) in [4.78, 5) is 14.0. The lowest BCUT2D eigenvalue weighted by atomic mass is 9.96. The van der Waals surface area contributed by atoms with Gasteiger partial charge in [0, 0.05) is 25.0 Å². The number of benzene rings is 2. The first kappa shape index (κ1) is 16.4. The van der Waals surface area contributed by atoms with Crippen LogP contribution in [-0.4, -0.2) is 5.78 Å². The van der Waals surface area contributed by atoms with Crippen molar-refractivity contribution in [3.63, 3.8) is 0 Å². The van der Waals surface area contributed by atoms with Crippen LogP contribution in [0.3, 0.4) is 0 Å². The number of ketones is 1. The van der Waals surface area contributed by atoms with Crippen molar-refractivity contribution >= 4 is 60.6 Å². The van der Waals surface area contributed by atoms with Gasteiger partial charge in [-0.2, -0.15) is 0 Å². The Balaban J connectivity index is 2.06. The van der Waals surface area contributed by atoms with Crippen LogP contribution in [0.2, 0.25) is 0 Å². The van der Waals surface area contributed by atoms with Gasteiger partial charge in [-0.15, -0.1) is 11.3 Å². The molecule has 4 heteroatoms. The van der Waals surface area contributed by atoms with Crippen LogP contribution < -0.4 is 0 Å². The topological polar surface area (TPSA) is 17.1 Å². The Labute approximate surface area is 155 Å². The van der Waals surface area contributed by atoms with Crippen LogP contribution >= 0.6 is 43.2 Å². The lowest BCUT2D eigenvalue weighted by molar-refractivity contribution is 0.105. The maximum Gasteiger partial charge on any atom is 0.193 e. The first-order valence-corrected chi connectivity index (χ1v) is 9.41. The Morgan fingerprint density at radius 1 is 0.826 bits per heavy atom. The van der Waals surface area contributed by atoms with Gasteiger partial charge >= 0.3 is 0 Å². The quantitative estimate of drug-likeness (QED) is 0.321. The van der Waals surface area contributed by atoms with Crippen LogP contribution in [0.1, 0.15) is 20.8 Å². The maximum atomic E-state index is 13.0. The molecule has 0 aliphatic carbocycles. The van der Waals surface area contributed by atoms with Crippen LogP contribution in [-0.2, 0) is 0 Å². The lowest BCUT2D eigenvalue weighted by Crippen LogP contribution is -2.02. The molecule has 0 aliphatic rings. The summed E-state index contributed by atoms with van der Waals surface area (Å²) in [5.41, 5.74) is 2.29. The van der Waals surface area contributed by atoms with E-state index in [-0.39, 0.29) is 5.78 Å². The third-order valence-corrected chi connectivity index (χ3v) is 5.21. The minimum Gasteiger partial charge on any atom is -0.289 e. The summed E-state index contributed by atoms with van der Waals surface area (Å²) in [5, 5.41) is 2.01. The summed E-state index contributed by atoms with van der Waals surface area (Å²) in [7, 11) is 0. The zero-order valence-electron chi connectivity index (χ0n) is 12.0. The number of hydrogen-bond acceptors (Lipinski definition) is 2. The zero-order valence-corrected chi connectivity index (χ0v) is 16.0. The number of hydrogen-bond donors (Lipinski definition) is 0. The van der Waals surface area contributed by atoms with Gasteiger partial charge < -0.3 is 0 Å². The van der Waals surface area contributed by atoms with Crippen molar-refractivity contribution in [2.24, 2.45) is 0 Å². The van der Waals surface area contributed by atoms with Gasteiger partial charge in [0.05, 0.1) is 0 Å². The van der Waals surface area contributed by atoms with Crippen LogP contribution in [0.15, 0.2) is 75.0 Å². The molecule has 1 aromatic heterocycles. The van der Waals surface area contributed by atoms with Gasteiger partial charge in [0.15, 0.2) is 5.78 Å². The molecule has 0 aliphatic heterocycles. The second kappa shape index (κ2) is 7.39. The minimum atomic E-state index is 0.0215. The molecule has 0 atom stereocenters. The van der Waals surface area contributed by atoms with E-state index < -0.39 is 0 Å². The molecule has 0 saturated carbocycles. The van der Waals surface area contributed by atoms with E-state index in [2.05, 4.69) is 31.9 Å². The van der Waals surface area contributed by atoms with Crippen molar-refractivity contribution in [2.45, 2.75) is 0 Å². The number of thiophene rings is 1. The fourth-order valence-corrected chi connectivity index (χ4v) is 3.37. The molecule has 1 nitrogen and oxygen atoms in total. The van der Waals surface area contributed by atoms with Crippen molar-refractivity contribution in [3.8, 4) is 0 Å². The predicted molar refractivity (Wildman–Crippen MR) is 105 cm³/mol. The third kappa shape index (κ3) is 4.08. The Morgan fingerprint density at radius 3 is 1.91 bits per heavy atom. The van der Waals surface area contributed by atoms with Gasteiger partial charge in [0.25, 0.3) is 0 Å². The van der Waals surface area contributed by atoms with Crippen molar-refractivity contribution in [1.82, 2.24) is 0 Å². The van der Waals surface area contributed by atoms with E-state index in [1.807, 2.05) is 72.1 Å². The fourth-order valence-electron chi connectivity index (χ4n) is 2.18. The van der Waals surface area contributed by atoms with E-state index in [0.29, 0.717) is 11.1 Å². The molecule has 2 aromatic carbocycles. The van der Waals surface area contributed by atoms with Crippen molar-refractivity contribution in [2.75, 3.05) is 0 Å². The highest BCUT2D eigenvalue weighted by Gasteiger charge is 2.15. The van der Waals surface area contributed by atoms with E-state index >= 15 is 0 Å². The van der Waals surface area contributed by atoms with Crippen molar-refractivity contribution < 1.29 is 4.79 Å². The molecule has 3 aromatic rings. The predicted octanol–water partition coefficient (Wildman–Crippen LogP) is 6.70. The first-order chi connectivity index (χ1) is 11.1. The molecule has 114 valence electrons. The number of carbonyl (C=O) groups is 1. The number of Topliss-reactive ketones (excluding diaryl/α,β-unsaturated/α-hetero) is 1. The normalized spacial score (nSPS) is 11.5. The Bertz CT molecular complexity index is 832. The Hall–Kier alpha value is -1.49. The monoisotopic (exact) mass is 446 g/mol. The fraction of sp³-hybridized carbons (Fsp3) is 0. The van der Waals surface area contributed by atoms with E-state index in [0.717, 1.165) is 19.4 Å². The SMILES string of the molecule is O=C(/C(=C/c1cccs1)c1ccc(Br)cc1)c1ccc(Br)cc1. The summed E-state index contributed by atoms with van der Waals surface area (Å²) in [5.74, 6) is 0.0215. The molecule has 1 heterocycles. The lowest BCUT2D eigenvalue weighted by Gasteiger charge is -2.08. The van der Waals surface area contributed by atoms with Crippen LogP contribution in [0, 0.1) is 0 Å². The van der Waals surface area contributed by atoms with Crippen LogP contribution in [0.4, 0.5) is 0 Å². The van der Waals surface area contributed by atoms with Gasteiger partial charge in [-0.05, 0) is 59.5 Å². The van der Waals surface area contributed by atoms with Gasteiger partial charge in [0.2, 0.25) is 0 Å². The molecule has 0 amide bonds. The molecule has 0 bridgehead atoms. The summed E-state index contributed by atoms with van der Waals surface area (Å²) in [6, 6.07) is 19.3. The molecule has 0 fully saturated rings.